The van der Waals surface area contributed by atoms with Gasteiger partial charge in [0.25, 0.3) is 0 Å². The molecule has 0 unspecified atom stereocenters. The van der Waals surface area contributed by atoms with Crippen molar-refractivity contribution in [3.8, 4) is 12.3 Å². The second kappa shape index (κ2) is 6.63. The molecule has 1 atom stereocenters. The highest BCUT2D eigenvalue weighted by Gasteiger charge is 2.35. The maximum atomic E-state index is 13.3. The van der Waals surface area contributed by atoms with Crippen LogP contribution in [0.5, 0.6) is 0 Å². The second-order valence-corrected chi connectivity index (χ2v) is 5.97. The number of aromatic amines is 1. The Labute approximate surface area is 143 Å². The molecule has 0 spiro atoms. The summed E-state index contributed by atoms with van der Waals surface area (Å²) >= 11 is 0. The van der Waals surface area contributed by atoms with E-state index in [9.17, 15) is 13.2 Å². The summed E-state index contributed by atoms with van der Waals surface area (Å²) in [6.45, 7) is 2.01. The van der Waals surface area contributed by atoms with Gasteiger partial charge in [0.05, 0.1) is 17.0 Å². The molecule has 0 saturated carbocycles. The zero-order valence-electron chi connectivity index (χ0n) is 13.6. The monoisotopic (exact) mass is 346 g/mol. The summed E-state index contributed by atoms with van der Waals surface area (Å²) in [7, 11) is 0. The number of nitrogens with zero attached hydrogens (tertiary/aromatic N) is 2. The lowest BCUT2D eigenvalue weighted by Gasteiger charge is -2.27. The fourth-order valence-corrected chi connectivity index (χ4v) is 3.18. The van der Waals surface area contributed by atoms with Crippen LogP contribution in [0.3, 0.4) is 0 Å². The van der Waals surface area contributed by atoms with Crippen LogP contribution in [-0.4, -0.2) is 21.0 Å². The summed E-state index contributed by atoms with van der Waals surface area (Å²) in [5, 5.41) is 3.12. The number of allylic oxidation sites excluding steroid dienone is 2. The number of nitrogens with one attached hydrogen (secondary N) is 2. The minimum Gasteiger partial charge on any atom is -0.363 e. The summed E-state index contributed by atoms with van der Waals surface area (Å²) in [6, 6.07) is -0.146. The van der Waals surface area contributed by atoms with Gasteiger partial charge in [0.2, 0.25) is 0 Å². The van der Waals surface area contributed by atoms with E-state index in [1.54, 1.807) is 6.08 Å². The standard InChI is InChI=1S/C18H17F3N4/c1-3-4-7-12-11(2)6-5-8-14(12)25-17-15-13(18(19,20)21)9-22-16(15)23-10-24-17/h1,4,7,9-10,14H,5-6,8H2,2H3,(H2,22,23,24,25)/b7-4-/t14-/m1/s1. The molecule has 2 aromatic rings. The Kier molecular flexibility index (Phi) is 4.53. The maximum Gasteiger partial charge on any atom is 0.418 e. The summed E-state index contributed by atoms with van der Waals surface area (Å²) in [5.74, 6) is 2.62. The van der Waals surface area contributed by atoms with E-state index in [0.717, 1.165) is 31.0 Å². The van der Waals surface area contributed by atoms with Gasteiger partial charge in [0.15, 0.2) is 0 Å². The number of hydrogen-bond donors (Lipinski definition) is 2. The third-order valence-corrected chi connectivity index (χ3v) is 4.36. The molecule has 3 rings (SSSR count). The van der Waals surface area contributed by atoms with E-state index in [2.05, 4.69) is 26.2 Å². The average Bonchev–Trinajstić information content (AvgIpc) is 3.00. The van der Waals surface area contributed by atoms with Crippen molar-refractivity contribution in [2.45, 2.75) is 38.4 Å². The van der Waals surface area contributed by atoms with E-state index in [1.807, 2.05) is 13.0 Å². The number of anilines is 1. The Morgan fingerprint density at radius 3 is 2.92 bits per heavy atom. The SMILES string of the molecule is C#C/C=C\C1=C(C)CCC[C@H]1Nc1ncnc2[nH]cc(C(F)(F)F)c12. The topological polar surface area (TPSA) is 53.6 Å². The first-order valence-corrected chi connectivity index (χ1v) is 7.90. The fraction of sp³-hybridized carbons (Fsp3) is 0.333. The molecule has 0 bridgehead atoms. The number of halogens is 3. The van der Waals surface area contributed by atoms with Crippen LogP contribution < -0.4 is 5.32 Å². The first-order chi connectivity index (χ1) is 11.9. The molecule has 0 saturated heterocycles. The number of aromatic nitrogens is 3. The van der Waals surface area contributed by atoms with Crippen LogP contribution in [-0.2, 0) is 6.18 Å². The van der Waals surface area contributed by atoms with Crippen molar-refractivity contribution < 1.29 is 13.2 Å². The van der Waals surface area contributed by atoms with Crippen LogP contribution in [0, 0.1) is 12.3 Å². The zero-order chi connectivity index (χ0) is 18.0. The van der Waals surface area contributed by atoms with Crippen molar-refractivity contribution in [1.82, 2.24) is 15.0 Å². The minimum absolute atomic E-state index is 0.0431. The van der Waals surface area contributed by atoms with Gasteiger partial charge in [-0.05, 0) is 43.9 Å². The summed E-state index contributed by atoms with van der Waals surface area (Å²) in [5.41, 5.74) is 1.55. The van der Waals surface area contributed by atoms with Crippen LogP contribution >= 0.6 is 0 Å². The Hall–Kier alpha value is -2.75. The van der Waals surface area contributed by atoms with Gasteiger partial charge in [-0.25, -0.2) is 9.97 Å². The molecule has 130 valence electrons. The molecule has 0 amide bonds. The van der Waals surface area contributed by atoms with Crippen molar-refractivity contribution in [2.24, 2.45) is 0 Å². The van der Waals surface area contributed by atoms with Gasteiger partial charge in [0, 0.05) is 6.20 Å². The Balaban J connectivity index is 2.03. The van der Waals surface area contributed by atoms with Crippen LogP contribution in [0.1, 0.15) is 31.7 Å². The van der Waals surface area contributed by atoms with Gasteiger partial charge in [-0.15, -0.1) is 6.42 Å². The number of terminal acetylenes is 1. The fourth-order valence-electron chi connectivity index (χ4n) is 3.18. The first kappa shape index (κ1) is 17.1. The quantitative estimate of drug-likeness (QED) is 0.808. The third kappa shape index (κ3) is 3.38. The predicted octanol–water partition coefficient (Wildman–Crippen LogP) is 4.45. The normalized spacial score (nSPS) is 18.8. The maximum absolute atomic E-state index is 13.3. The highest BCUT2D eigenvalue weighted by molar-refractivity contribution is 5.91. The van der Waals surface area contributed by atoms with Gasteiger partial charge < -0.3 is 10.3 Å². The van der Waals surface area contributed by atoms with E-state index < -0.39 is 11.7 Å². The summed E-state index contributed by atoms with van der Waals surface area (Å²) in [6.07, 6.45) is 9.10. The van der Waals surface area contributed by atoms with Gasteiger partial charge in [-0.1, -0.05) is 11.5 Å². The summed E-state index contributed by atoms with van der Waals surface area (Å²) in [4.78, 5) is 10.5. The predicted molar refractivity (Wildman–Crippen MR) is 90.8 cm³/mol. The van der Waals surface area contributed by atoms with Crippen LogP contribution in [0.15, 0.2) is 35.8 Å². The number of hydrogen-bond acceptors (Lipinski definition) is 3. The Morgan fingerprint density at radius 1 is 1.40 bits per heavy atom. The van der Waals surface area contributed by atoms with Gasteiger partial charge >= 0.3 is 6.18 Å². The van der Waals surface area contributed by atoms with Crippen molar-refractivity contribution >= 4 is 16.9 Å². The van der Waals surface area contributed by atoms with Crippen molar-refractivity contribution in [3.63, 3.8) is 0 Å². The largest absolute Gasteiger partial charge is 0.418 e. The number of fused-ring (bicyclic) bond motifs is 1. The van der Waals surface area contributed by atoms with Crippen LogP contribution in [0.25, 0.3) is 11.0 Å². The highest BCUT2D eigenvalue weighted by atomic mass is 19.4. The van der Waals surface area contributed by atoms with E-state index in [1.165, 1.54) is 11.9 Å². The number of H-pyrrole nitrogens is 1. The molecule has 4 nitrogen and oxygen atoms in total. The zero-order valence-corrected chi connectivity index (χ0v) is 13.6. The minimum atomic E-state index is -4.48. The molecule has 2 aromatic heterocycles. The summed E-state index contributed by atoms with van der Waals surface area (Å²) < 4.78 is 39.8. The Bertz CT molecular complexity index is 884. The van der Waals surface area contributed by atoms with E-state index in [4.69, 9.17) is 6.42 Å². The number of rotatable bonds is 3. The van der Waals surface area contributed by atoms with Crippen molar-refractivity contribution in [1.29, 1.82) is 0 Å². The van der Waals surface area contributed by atoms with Gasteiger partial charge in [-0.2, -0.15) is 13.2 Å². The molecule has 0 aliphatic heterocycles. The molecule has 2 N–H and O–H groups in total. The molecular formula is C18H17F3N4. The van der Waals surface area contributed by atoms with E-state index in [0.29, 0.717) is 0 Å². The molecule has 0 radical (unpaired) electrons. The highest BCUT2D eigenvalue weighted by Crippen LogP contribution is 2.38. The number of alkyl halides is 3. The lowest BCUT2D eigenvalue weighted by molar-refractivity contribution is -0.136. The molecule has 2 heterocycles. The van der Waals surface area contributed by atoms with E-state index in [-0.39, 0.29) is 22.9 Å². The van der Waals surface area contributed by atoms with Crippen LogP contribution in [0.4, 0.5) is 19.0 Å². The Morgan fingerprint density at radius 2 is 2.20 bits per heavy atom. The van der Waals surface area contributed by atoms with Gasteiger partial charge in [-0.3, -0.25) is 0 Å². The van der Waals surface area contributed by atoms with Crippen molar-refractivity contribution in [2.75, 3.05) is 5.32 Å². The van der Waals surface area contributed by atoms with E-state index >= 15 is 0 Å². The first-order valence-electron chi connectivity index (χ1n) is 7.90. The van der Waals surface area contributed by atoms with Crippen molar-refractivity contribution in [3.05, 3.63) is 41.4 Å². The molecule has 1 aliphatic rings. The molecule has 25 heavy (non-hydrogen) atoms. The molecular weight excluding hydrogens is 329 g/mol. The second-order valence-electron chi connectivity index (χ2n) is 5.97. The lowest BCUT2D eigenvalue weighted by atomic mass is 9.88. The van der Waals surface area contributed by atoms with Crippen LogP contribution in [0.2, 0.25) is 0 Å². The lowest BCUT2D eigenvalue weighted by Crippen LogP contribution is -2.26. The molecule has 7 heteroatoms. The smallest absolute Gasteiger partial charge is 0.363 e. The molecule has 0 aromatic carbocycles. The average molecular weight is 346 g/mol. The van der Waals surface area contributed by atoms with Gasteiger partial charge in [0.1, 0.15) is 17.8 Å². The molecule has 1 aliphatic carbocycles. The third-order valence-electron chi connectivity index (χ3n) is 4.36. The molecule has 0 fully saturated rings.